The van der Waals surface area contributed by atoms with Crippen molar-refractivity contribution in [2.24, 2.45) is 0 Å². The van der Waals surface area contributed by atoms with Gasteiger partial charge in [-0.3, -0.25) is 9.35 Å². The molecule has 0 saturated carbocycles. The van der Waals surface area contributed by atoms with Crippen molar-refractivity contribution in [3.05, 3.63) is 12.2 Å². The number of carbonyl (C=O) groups excluding carboxylic acids is 1. The van der Waals surface area contributed by atoms with Crippen molar-refractivity contribution < 1.29 is 53.9 Å². The third-order valence-corrected chi connectivity index (χ3v) is 1.83. The molecule has 0 spiro atoms. The van der Waals surface area contributed by atoms with Crippen LogP contribution in [0.15, 0.2) is 12.2 Å². The van der Waals surface area contributed by atoms with Gasteiger partial charge in [-0.25, -0.2) is 0 Å². The summed E-state index contributed by atoms with van der Waals surface area (Å²) in [5.74, 6) is -1.77. The van der Waals surface area contributed by atoms with Gasteiger partial charge >= 0.3 is 29.6 Å². The van der Waals surface area contributed by atoms with E-state index >= 15 is 0 Å². The van der Waals surface area contributed by atoms with Crippen LogP contribution in [0.5, 0.6) is 0 Å². The van der Waals surface area contributed by atoms with E-state index in [0.29, 0.717) is 0 Å². The van der Waals surface area contributed by atoms with Gasteiger partial charge in [0.2, 0.25) is 0 Å². The number of Topliss-reactive ketones (excluding diaryl/α,β-unsaturated/α-hetero) is 1. The zero-order chi connectivity index (χ0) is 9.94. The van der Waals surface area contributed by atoms with Crippen LogP contribution in [0.1, 0.15) is 8.35 Å². The smallest absolute Gasteiger partial charge is 1.00 e. The summed E-state index contributed by atoms with van der Waals surface area (Å²) in [6.45, 7) is 4.56. The first-order chi connectivity index (χ1) is 5.24. The number of hydrogen-bond donors (Lipinski definition) is 2. The van der Waals surface area contributed by atoms with E-state index < -0.39 is 27.8 Å². The van der Waals surface area contributed by atoms with E-state index in [2.05, 4.69) is 6.58 Å². The summed E-state index contributed by atoms with van der Waals surface area (Å²) in [6, 6.07) is 0. The molecule has 0 aliphatic heterocycles. The van der Waals surface area contributed by atoms with Gasteiger partial charge in [0.15, 0.2) is 5.78 Å². The largest absolute Gasteiger partial charge is 1.00 e. The Morgan fingerprint density at radius 1 is 1.62 bits per heavy atom. The average Bonchev–Trinajstić information content (AvgIpc) is 1.82. The normalized spacial score (nSPS) is 12.8. The molecule has 0 heterocycles. The maximum atomic E-state index is 10.8. The molecule has 0 aromatic heterocycles. The molecule has 0 aromatic carbocycles. The molecule has 0 radical (unpaired) electrons. The summed E-state index contributed by atoms with van der Waals surface area (Å²) in [4.78, 5) is 10.8. The molecule has 0 aliphatic carbocycles. The first-order valence-electron chi connectivity index (χ1n) is 3.07. The van der Waals surface area contributed by atoms with Crippen LogP contribution in [-0.2, 0) is 14.9 Å². The molecule has 1 atom stereocenters. The minimum atomic E-state index is -4.31. The predicted molar refractivity (Wildman–Crippen MR) is 43.4 cm³/mol. The summed E-state index contributed by atoms with van der Waals surface area (Å²) in [6.07, 6.45) is -1.72. The Bertz CT molecular complexity index is 299. The molecule has 7 heteroatoms. The van der Waals surface area contributed by atoms with Crippen LogP contribution in [-0.4, -0.2) is 35.7 Å². The molecule has 5 nitrogen and oxygen atoms in total. The monoisotopic (exact) mass is 218 g/mol. The number of rotatable bonds is 4. The molecular formula is C6H11NaO5S. The predicted octanol–water partition coefficient (Wildman–Crippen LogP) is -3.50. The minimum Gasteiger partial charge on any atom is -1.00 e. The molecule has 13 heavy (non-hydrogen) atoms. The molecule has 0 saturated heterocycles. The summed E-state index contributed by atoms with van der Waals surface area (Å²) in [5, 5.41) is 8.87. The topological polar surface area (TPSA) is 91.7 Å². The van der Waals surface area contributed by atoms with Gasteiger partial charge < -0.3 is 6.53 Å². The van der Waals surface area contributed by atoms with Crippen LogP contribution in [0.4, 0.5) is 0 Å². The van der Waals surface area contributed by atoms with E-state index in [1.807, 2.05) is 0 Å². The Hall–Kier alpha value is 0.280. The second kappa shape index (κ2) is 5.90. The summed E-state index contributed by atoms with van der Waals surface area (Å²) in [7, 11) is -4.31. The first kappa shape index (κ1) is 15.7. The van der Waals surface area contributed by atoms with E-state index in [1.165, 1.54) is 6.92 Å². The average molecular weight is 218 g/mol. The van der Waals surface area contributed by atoms with Crippen LogP contribution >= 0.6 is 0 Å². The molecule has 0 amide bonds. The fourth-order valence-electron chi connectivity index (χ4n) is 0.560. The van der Waals surface area contributed by atoms with E-state index in [4.69, 9.17) is 9.66 Å². The molecule has 0 fully saturated rings. The summed E-state index contributed by atoms with van der Waals surface area (Å²) >= 11 is 0. The molecule has 72 valence electrons. The van der Waals surface area contributed by atoms with Crippen molar-refractivity contribution in [1.29, 1.82) is 0 Å². The van der Waals surface area contributed by atoms with Crippen LogP contribution in [0.25, 0.3) is 0 Å². The molecule has 0 bridgehead atoms. The van der Waals surface area contributed by atoms with Gasteiger partial charge in [-0.1, -0.05) is 6.58 Å². The molecule has 0 rings (SSSR count). The maximum Gasteiger partial charge on any atom is 1.00 e. The molecule has 2 N–H and O–H groups in total. The van der Waals surface area contributed by atoms with E-state index in [-0.39, 0.29) is 36.6 Å². The van der Waals surface area contributed by atoms with Gasteiger partial charge in [-0.2, -0.15) is 8.42 Å². The van der Waals surface area contributed by atoms with Crippen molar-refractivity contribution in [2.75, 3.05) is 5.75 Å². The van der Waals surface area contributed by atoms with E-state index in [0.717, 1.165) is 0 Å². The molecule has 0 aromatic rings. The maximum absolute atomic E-state index is 10.8. The summed E-state index contributed by atoms with van der Waals surface area (Å²) < 4.78 is 28.6. The van der Waals surface area contributed by atoms with Crippen molar-refractivity contribution in [3.63, 3.8) is 0 Å². The van der Waals surface area contributed by atoms with Gasteiger partial charge in [0.25, 0.3) is 10.1 Å². The third kappa shape index (κ3) is 7.36. The zero-order valence-electron chi connectivity index (χ0n) is 8.52. The Morgan fingerprint density at radius 3 is 2.23 bits per heavy atom. The van der Waals surface area contributed by atoms with Crippen molar-refractivity contribution in [3.8, 4) is 0 Å². The second-order valence-electron chi connectivity index (χ2n) is 2.41. The molecular weight excluding hydrogens is 207 g/mol. The SMILES string of the molecule is C=C(C)C(=O)C(O)CS(=O)(=O)O.[H-].[Na+]. The van der Waals surface area contributed by atoms with Crippen LogP contribution in [0.3, 0.4) is 0 Å². The van der Waals surface area contributed by atoms with Crippen molar-refractivity contribution in [1.82, 2.24) is 0 Å². The second-order valence-corrected chi connectivity index (χ2v) is 3.91. The Labute approximate surface area is 100 Å². The first-order valence-corrected chi connectivity index (χ1v) is 4.68. The fourth-order valence-corrected chi connectivity index (χ4v) is 1.11. The van der Waals surface area contributed by atoms with Crippen LogP contribution in [0.2, 0.25) is 0 Å². The quantitative estimate of drug-likeness (QED) is 0.290. The zero-order valence-corrected chi connectivity index (χ0v) is 10.3. The number of aliphatic hydroxyl groups is 1. The third-order valence-electron chi connectivity index (χ3n) is 1.09. The standard InChI is InChI=1S/C6H10O5S.Na.H/c1-4(2)6(8)5(7)3-12(9,10)11;;/h5,7H,1,3H2,2H3,(H,9,10,11);;/q;+1;-1. The van der Waals surface area contributed by atoms with Crippen molar-refractivity contribution in [2.45, 2.75) is 13.0 Å². The van der Waals surface area contributed by atoms with Crippen LogP contribution < -0.4 is 29.6 Å². The molecule has 0 aliphatic rings. The van der Waals surface area contributed by atoms with Gasteiger partial charge in [0.1, 0.15) is 11.9 Å². The number of hydrogen-bond acceptors (Lipinski definition) is 4. The van der Waals surface area contributed by atoms with E-state index in [9.17, 15) is 13.2 Å². The van der Waals surface area contributed by atoms with Gasteiger partial charge in [-0.05, 0) is 12.5 Å². The molecule has 1 unspecified atom stereocenters. The van der Waals surface area contributed by atoms with Crippen molar-refractivity contribution >= 4 is 15.9 Å². The van der Waals surface area contributed by atoms with Crippen LogP contribution in [0, 0.1) is 0 Å². The Morgan fingerprint density at radius 2 is 2.00 bits per heavy atom. The van der Waals surface area contributed by atoms with Gasteiger partial charge in [0, 0.05) is 0 Å². The minimum absolute atomic E-state index is 0. The summed E-state index contributed by atoms with van der Waals surface area (Å²) in [5.41, 5.74) is 0.0474. The van der Waals surface area contributed by atoms with E-state index in [1.54, 1.807) is 0 Å². The number of aliphatic hydroxyl groups excluding tert-OH is 1. The Kier molecular flexibility index (Phi) is 7.14. The number of carbonyl (C=O) groups is 1. The number of ketones is 1. The Balaban J connectivity index is -0.000000605. The fraction of sp³-hybridized carbons (Fsp3) is 0.500. The van der Waals surface area contributed by atoms with Gasteiger partial charge in [-0.15, -0.1) is 0 Å². The van der Waals surface area contributed by atoms with Gasteiger partial charge in [0.05, 0.1) is 0 Å².